The smallest absolute Gasteiger partial charge is 0.346 e. The Bertz CT molecular complexity index is 735. The van der Waals surface area contributed by atoms with Crippen LogP contribution in [0.2, 0.25) is 0 Å². The number of carbonyl (C=O) groups excluding carboxylic acids is 1. The third kappa shape index (κ3) is 4.94. The van der Waals surface area contributed by atoms with Crippen molar-refractivity contribution in [2.24, 2.45) is 0 Å². The molecule has 1 unspecified atom stereocenters. The van der Waals surface area contributed by atoms with E-state index in [1.54, 1.807) is 13.0 Å². The standard InChI is InChI=1S/C18H15F4NO/c1-12(14-6-8-15(9-7-14)18(20,21)22)23-17(24)10-5-13-3-2-4-16(19)11-13/h2-12H,1H3,(H,23,24)/b10-5+. The molecular weight excluding hydrogens is 322 g/mol. The van der Waals surface area contributed by atoms with E-state index in [-0.39, 0.29) is 0 Å². The van der Waals surface area contributed by atoms with E-state index >= 15 is 0 Å². The van der Waals surface area contributed by atoms with Gasteiger partial charge in [-0.3, -0.25) is 4.79 Å². The van der Waals surface area contributed by atoms with Crippen molar-refractivity contribution in [3.05, 3.63) is 77.1 Å². The van der Waals surface area contributed by atoms with E-state index in [0.717, 1.165) is 12.1 Å². The van der Waals surface area contributed by atoms with Crippen LogP contribution in [0.25, 0.3) is 6.08 Å². The number of benzene rings is 2. The van der Waals surface area contributed by atoms with Crippen molar-refractivity contribution in [1.29, 1.82) is 0 Å². The first-order valence-electron chi connectivity index (χ1n) is 7.17. The predicted molar refractivity (Wildman–Crippen MR) is 83.4 cm³/mol. The van der Waals surface area contributed by atoms with Crippen LogP contribution in [0.5, 0.6) is 0 Å². The molecule has 0 spiro atoms. The highest BCUT2D eigenvalue weighted by Crippen LogP contribution is 2.29. The van der Waals surface area contributed by atoms with Gasteiger partial charge >= 0.3 is 6.18 Å². The minimum atomic E-state index is -4.39. The van der Waals surface area contributed by atoms with Gasteiger partial charge in [0.05, 0.1) is 11.6 Å². The Labute approximate surface area is 136 Å². The molecule has 0 fully saturated rings. The fourth-order valence-corrected chi connectivity index (χ4v) is 2.09. The van der Waals surface area contributed by atoms with Crippen LogP contribution in [0.4, 0.5) is 17.6 Å². The summed E-state index contributed by atoms with van der Waals surface area (Å²) in [5.41, 5.74) is 0.346. The summed E-state index contributed by atoms with van der Waals surface area (Å²) in [7, 11) is 0. The summed E-state index contributed by atoms with van der Waals surface area (Å²) >= 11 is 0. The van der Waals surface area contributed by atoms with Crippen molar-refractivity contribution >= 4 is 12.0 Å². The summed E-state index contributed by atoms with van der Waals surface area (Å²) in [4.78, 5) is 11.8. The Hall–Kier alpha value is -2.63. The molecule has 2 nitrogen and oxygen atoms in total. The van der Waals surface area contributed by atoms with Crippen molar-refractivity contribution in [2.75, 3.05) is 0 Å². The molecule has 2 rings (SSSR count). The number of alkyl halides is 3. The molecule has 0 aromatic heterocycles. The fraction of sp³-hybridized carbons (Fsp3) is 0.167. The molecule has 0 radical (unpaired) electrons. The summed E-state index contributed by atoms with van der Waals surface area (Å²) in [6.45, 7) is 1.66. The maximum atomic E-state index is 13.0. The molecule has 24 heavy (non-hydrogen) atoms. The average Bonchev–Trinajstić information content (AvgIpc) is 2.52. The van der Waals surface area contributed by atoms with Gasteiger partial charge in [-0.2, -0.15) is 13.2 Å². The summed E-state index contributed by atoms with van der Waals surface area (Å²) in [5.74, 6) is -0.831. The lowest BCUT2D eigenvalue weighted by atomic mass is 10.1. The van der Waals surface area contributed by atoms with Gasteiger partial charge in [0.1, 0.15) is 5.82 Å². The van der Waals surface area contributed by atoms with Gasteiger partial charge in [0, 0.05) is 6.08 Å². The van der Waals surface area contributed by atoms with Crippen LogP contribution in [0, 0.1) is 5.82 Å². The van der Waals surface area contributed by atoms with Crippen molar-refractivity contribution < 1.29 is 22.4 Å². The van der Waals surface area contributed by atoms with Crippen LogP contribution in [0.15, 0.2) is 54.6 Å². The Morgan fingerprint density at radius 2 is 1.79 bits per heavy atom. The lowest BCUT2D eigenvalue weighted by molar-refractivity contribution is -0.137. The quantitative estimate of drug-likeness (QED) is 0.634. The van der Waals surface area contributed by atoms with E-state index in [1.165, 1.54) is 42.5 Å². The van der Waals surface area contributed by atoms with Gasteiger partial charge in [0.15, 0.2) is 0 Å². The normalized spacial score (nSPS) is 13.0. The molecule has 0 saturated carbocycles. The minimum Gasteiger partial charge on any atom is -0.346 e. The summed E-state index contributed by atoms with van der Waals surface area (Å²) in [6.07, 6.45) is -1.69. The van der Waals surface area contributed by atoms with Crippen molar-refractivity contribution in [1.82, 2.24) is 5.32 Å². The van der Waals surface area contributed by atoms with Crippen molar-refractivity contribution in [2.45, 2.75) is 19.1 Å². The van der Waals surface area contributed by atoms with Crippen LogP contribution >= 0.6 is 0 Å². The van der Waals surface area contributed by atoms with Gasteiger partial charge in [0.2, 0.25) is 5.91 Å². The van der Waals surface area contributed by atoms with E-state index in [0.29, 0.717) is 11.1 Å². The zero-order valence-corrected chi connectivity index (χ0v) is 12.8. The molecule has 0 saturated heterocycles. The molecule has 0 aliphatic heterocycles. The lowest BCUT2D eigenvalue weighted by Gasteiger charge is -2.14. The molecule has 1 amide bonds. The van der Waals surface area contributed by atoms with Gasteiger partial charge in [-0.25, -0.2) is 4.39 Å². The zero-order chi connectivity index (χ0) is 17.7. The molecular formula is C18H15F4NO. The van der Waals surface area contributed by atoms with Gasteiger partial charge in [0.25, 0.3) is 0 Å². The monoisotopic (exact) mass is 337 g/mol. The largest absolute Gasteiger partial charge is 0.416 e. The zero-order valence-electron chi connectivity index (χ0n) is 12.8. The maximum Gasteiger partial charge on any atom is 0.416 e. The summed E-state index contributed by atoms with van der Waals surface area (Å²) < 4.78 is 50.6. The van der Waals surface area contributed by atoms with Crippen LogP contribution in [-0.4, -0.2) is 5.91 Å². The van der Waals surface area contributed by atoms with Gasteiger partial charge in [-0.05, 0) is 48.4 Å². The highest BCUT2D eigenvalue weighted by molar-refractivity contribution is 5.91. The Morgan fingerprint density at radius 1 is 1.12 bits per heavy atom. The third-order valence-corrected chi connectivity index (χ3v) is 3.37. The molecule has 2 aromatic carbocycles. The highest BCUT2D eigenvalue weighted by atomic mass is 19.4. The second-order valence-corrected chi connectivity index (χ2v) is 5.24. The van der Waals surface area contributed by atoms with Gasteiger partial charge in [-0.15, -0.1) is 0 Å². The fourth-order valence-electron chi connectivity index (χ4n) is 2.09. The predicted octanol–water partition coefficient (Wildman–Crippen LogP) is 4.74. The molecule has 126 valence electrons. The highest BCUT2D eigenvalue weighted by Gasteiger charge is 2.30. The molecule has 0 heterocycles. The maximum absolute atomic E-state index is 13.0. The topological polar surface area (TPSA) is 29.1 Å². The van der Waals surface area contributed by atoms with Crippen LogP contribution in [0.3, 0.4) is 0 Å². The SMILES string of the molecule is CC(NC(=O)/C=C/c1cccc(F)c1)c1ccc(C(F)(F)F)cc1. The van der Waals surface area contributed by atoms with E-state index in [2.05, 4.69) is 5.32 Å². The van der Waals surface area contributed by atoms with Crippen molar-refractivity contribution in [3.63, 3.8) is 0 Å². The second-order valence-electron chi connectivity index (χ2n) is 5.24. The molecule has 2 aromatic rings. The number of nitrogens with one attached hydrogen (secondary N) is 1. The van der Waals surface area contributed by atoms with E-state index in [4.69, 9.17) is 0 Å². The number of amides is 1. The molecule has 1 atom stereocenters. The summed E-state index contributed by atoms with van der Waals surface area (Å²) in [6, 6.07) is 9.88. The number of rotatable bonds is 4. The van der Waals surface area contributed by atoms with E-state index in [9.17, 15) is 22.4 Å². The number of hydrogen-bond acceptors (Lipinski definition) is 1. The second kappa shape index (κ2) is 7.29. The van der Waals surface area contributed by atoms with Crippen molar-refractivity contribution in [3.8, 4) is 0 Å². The molecule has 0 aliphatic rings. The molecule has 0 aliphatic carbocycles. The van der Waals surface area contributed by atoms with Gasteiger partial charge < -0.3 is 5.32 Å². The van der Waals surface area contributed by atoms with E-state index in [1.807, 2.05) is 0 Å². The first-order valence-corrected chi connectivity index (χ1v) is 7.17. The van der Waals surface area contributed by atoms with E-state index < -0.39 is 29.5 Å². The number of halogens is 4. The van der Waals surface area contributed by atoms with Crippen LogP contribution in [-0.2, 0) is 11.0 Å². The number of hydrogen-bond donors (Lipinski definition) is 1. The third-order valence-electron chi connectivity index (χ3n) is 3.37. The summed E-state index contributed by atoms with van der Waals surface area (Å²) in [5, 5.41) is 2.64. The Balaban J connectivity index is 1.98. The van der Waals surface area contributed by atoms with Gasteiger partial charge in [-0.1, -0.05) is 24.3 Å². The molecule has 6 heteroatoms. The molecule has 0 bridgehead atoms. The first-order chi connectivity index (χ1) is 11.3. The molecule has 1 N–H and O–H groups in total. The average molecular weight is 337 g/mol. The van der Waals surface area contributed by atoms with Crippen LogP contribution < -0.4 is 5.32 Å². The Kier molecular flexibility index (Phi) is 5.39. The number of carbonyl (C=O) groups is 1. The Morgan fingerprint density at radius 3 is 2.38 bits per heavy atom. The minimum absolute atomic E-state index is 0.407. The lowest BCUT2D eigenvalue weighted by Crippen LogP contribution is -2.24. The van der Waals surface area contributed by atoms with Crippen LogP contribution in [0.1, 0.15) is 29.7 Å². The first kappa shape index (κ1) is 17.7.